The minimum atomic E-state index is -0.169. The maximum atomic E-state index is 13.3. The van der Waals surface area contributed by atoms with Gasteiger partial charge in [-0.15, -0.1) is 0 Å². The van der Waals surface area contributed by atoms with Crippen molar-refractivity contribution < 1.29 is 4.52 Å². The molecule has 4 aromatic rings. The van der Waals surface area contributed by atoms with Crippen LogP contribution in [-0.2, 0) is 6.42 Å². The standard InChI is InChI=1S/C21H21N5O2S/c1-4-7-17-24-19(28-25-17)14(3)29-21-23-16-9-6-5-8-15(16)20(27)26(21)18-12-13(2)10-11-22-18/h5-6,8-12,14H,4,7H2,1-3H3/t14-/m1/s1. The van der Waals surface area contributed by atoms with Crippen LogP contribution in [0, 0.1) is 6.92 Å². The van der Waals surface area contributed by atoms with Crippen LogP contribution in [0.3, 0.4) is 0 Å². The van der Waals surface area contributed by atoms with Crippen molar-refractivity contribution in [3.8, 4) is 5.82 Å². The largest absolute Gasteiger partial charge is 0.338 e. The summed E-state index contributed by atoms with van der Waals surface area (Å²) in [4.78, 5) is 26.9. The van der Waals surface area contributed by atoms with Gasteiger partial charge in [0.05, 0.1) is 16.2 Å². The van der Waals surface area contributed by atoms with Gasteiger partial charge in [0.25, 0.3) is 5.56 Å². The third-order valence-corrected chi connectivity index (χ3v) is 5.50. The van der Waals surface area contributed by atoms with Crippen molar-refractivity contribution in [2.24, 2.45) is 0 Å². The molecule has 0 N–H and O–H groups in total. The number of thioether (sulfide) groups is 1. The second kappa shape index (κ2) is 8.16. The SMILES string of the molecule is CCCc1noc([C@@H](C)Sc2nc3ccccc3c(=O)n2-c2cc(C)ccn2)n1. The number of pyridine rings is 1. The van der Waals surface area contributed by atoms with Crippen LogP contribution in [0.2, 0.25) is 0 Å². The summed E-state index contributed by atoms with van der Waals surface area (Å²) >= 11 is 1.40. The van der Waals surface area contributed by atoms with Gasteiger partial charge >= 0.3 is 0 Å². The van der Waals surface area contributed by atoms with Crippen LogP contribution in [0.15, 0.2) is 57.1 Å². The highest BCUT2D eigenvalue weighted by atomic mass is 32.2. The summed E-state index contributed by atoms with van der Waals surface area (Å²) in [6, 6.07) is 11.1. The van der Waals surface area contributed by atoms with Crippen LogP contribution in [0.5, 0.6) is 0 Å². The molecule has 4 rings (SSSR count). The Labute approximate surface area is 172 Å². The van der Waals surface area contributed by atoms with E-state index in [9.17, 15) is 4.79 Å². The molecule has 8 heteroatoms. The smallest absolute Gasteiger partial charge is 0.267 e. The molecule has 3 aromatic heterocycles. The molecule has 0 radical (unpaired) electrons. The van der Waals surface area contributed by atoms with E-state index in [4.69, 9.17) is 9.51 Å². The highest BCUT2D eigenvalue weighted by Gasteiger charge is 2.21. The monoisotopic (exact) mass is 407 g/mol. The summed E-state index contributed by atoms with van der Waals surface area (Å²) < 4.78 is 6.98. The van der Waals surface area contributed by atoms with E-state index < -0.39 is 0 Å². The maximum absolute atomic E-state index is 13.3. The van der Waals surface area contributed by atoms with Gasteiger partial charge in [-0.1, -0.05) is 36.0 Å². The molecule has 3 heterocycles. The Morgan fingerprint density at radius 3 is 2.83 bits per heavy atom. The first kappa shape index (κ1) is 19.3. The number of para-hydroxylation sites is 1. The van der Waals surface area contributed by atoms with E-state index >= 15 is 0 Å². The Balaban J connectivity index is 1.81. The van der Waals surface area contributed by atoms with Gasteiger partial charge in [0.15, 0.2) is 11.0 Å². The van der Waals surface area contributed by atoms with E-state index in [2.05, 4.69) is 22.0 Å². The zero-order valence-electron chi connectivity index (χ0n) is 16.5. The lowest BCUT2D eigenvalue weighted by Gasteiger charge is -2.14. The van der Waals surface area contributed by atoms with E-state index in [1.807, 2.05) is 44.2 Å². The number of benzene rings is 1. The second-order valence-electron chi connectivity index (χ2n) is 6.80. The molecular weight excluding hydrogens is 386 g/mol. The van der Waals surface area contributed by atoms with Gasteiger partial charge in [0.2, 0.25) is 5.89 Å². The van der Waals surface area contributed by atoms with Gasteiger partial charge in [-0.2, -0.15) is 4.98 Å². The van der Waals surface area contributed by atoms with E-state index in [0.717, 1.165) is 18.4 Å². The van der Waals surface area contributed by atoms with Crippen molar-refractivity contribution in [1.82, 2.24) is 24.7 Å². The van der Waals surface area contributed by atoms with E-state index in [1.165, 1.54) is 11.8 Å². The molecule has 1 aromatic carbocycles. The van der Waals surface area contributed by atoms with Crippen molar-refractivity contribution in [3.63, 3.8) is 0 Å². The fourth-order valence-electron chi connectivity index (χ4n) is 3.00. The molecule has 7 nitrogen and oxygen atoms in total. The van der Waals surface area contributed by atoms with Crippen LogP contribution < -0.4 is 5.56 Å². The molecule has 0 saturated heterocycles. The Morgan fingerprint density at radius 1 is 1.21 bits per heavy atom. The molecule has 0 aliphatic carbocycles. The van der Waals surface area contributed by atoms with Crippen molar-refractivity contribution in [1.29, 1.82) is 0 Å². The van der Waals surface area contributed by atoms with E-state index in [0.29, 0.717) is 33.6 Å². The Kier molecular flexibility index (Phi) is 5.44. The molecular formula is C21H21N5O2S. The van der Waals surface area contributed by atoms with E-state index in [1.54, 1.807) is 16.8 Å². The van der Waals surface area contributed by atoms with Crippen LogP contribution in [0.1, 0.15) is 42.8 Å². The molecule has 148 valence electrons. The van der Waals surface area contributed by atoms with Crippen LogP contribution in [-0.4, -0.2) is 24.7 Å². The zero-order valence-corrected chi connectivity index (χ0v) is 17.3. The summed E-state index contributed by atoms with van der Waals surface area (Å²) in [7, 11) is 0. The highest BCUT2D eigenvalue weighted by molar-refractivity contribution is 7.99. The number of rotatable bonds is 6. The Bertz CT molecular complexity index is 1220. The van der Waals surface area contributed by atoms with Crippen molar-refractivity contribution in [3.05, 3.63) is 70.2 Å². The lowest BCUT2D eigenvalue weighted by molar-refractivity contribution is 0.374. The van der Waals surface area contributed by atoms with Crippen LogP contribution >= 0.6 is 11.8 Å². The summed E-state index contributed by atoms with van der Waals surface area (Å²) in [6.07, 6.45) is 3.41. The number of hydrogen-bond donors (Lipinski definition) is 0. The minimum absolute atomic E-state index is 0.152. The predicted molar refractivity (Wildman–Crippen MR) is 112 cm³/mol. The maximum Gasteiger partial charge on any atom is 0.267 e. The van der Waals surface area contributed by atoms with E-state index in [-0.39, 0.29) is 10.8 Å². The fraction of sp³-hybridized carbons (Fsp3) is 0.286. The first-order valence-corrected chi connectivity index (χ1v) is 10.4. The van der Waals surface area contributed by atoms with Gasteiger partial charge in [-0.05, 0) is 50.1 Å². The second-order valence-corrected chi connectivity index (χ2v) is 8.11. The first-order valence-electron chi connectivity index (χ1n) is 9.50. The predicted octanol–water partition coefficient (Wildman–Crippen LogP) is 4.28. The number of nitrogens with zero attached hydrogens (tertiary/aromatic N) is 5. The molecule has 0 spiro atoms. The molecule has 0 amide bonds. The molecule has 0 saturated carbocycles. The summed E-state index contributed by atoms with van der Waals surface area (Å²) in [5, 5.41) is 4.95. The average molecular weight is 407 g/mol. The van der Waals surface area contributed by atoms with Gasteiger partial charge in [-0.3, -0.25) is 4.79 Å². The first-order chi connectivity index (χ1) is 14.1. The number of aryl methyl sites for hydroxylation is 2. The Morgan fingerprint density at radius 2 is 2.03 bits per heavy atom. The third kappa shape index (κ3) is 3.93. The molecule has 0 fully saturated rings. The van der Waals surface area contributed by atoms with Gasteiger partial charge in [0, 0.05) is 12.6 Å². The lowest BCUT2D eigenvalue weighted by atomic mass is 10.2. The van der Waals surface area contributed by atoms with Crippen molar-refractivity contribution in [2.75, 3.05) is 0 Å². The zero-order chi connectivity index (χ0) is 20.4. The number of fused-ring (bicyclic) bond motifs is 1. The summed E-state index contributed by atoms with van der Waals surface area (Å²) in [5.74, 6) is 1.75. The molecule has 0 unspecified atom stereocenters. The third-order valence-electron chi connectivity index (χ3n) is 4.46. The summed E-state index contributed by atoms with van der Waals surface area (Å²) in [5.41, 5.74) is 1.51. The quantitative estimate of drug-likeness (QED) is 0.348. The number of hydrogen-bond acceptors (Lipinski definition) is 7. The molecule has 0 aliphatic heterocycles. The molecule has 0 aliphatic rings. The van der Waals surface area contributed by atoms with Gasteiger partial charge in [-0.25, -0.2) is 14.5 Å². The normalized spacial score (nSPS) is 12.4. The average Bonchev–Trinajstić information content (AvgIpc) is 3.17. The Hall–Kier alpha value is -3.00. The number of aromatic nitrogens is 5. The van der Waals surface area contributed by atoms with Crippen LogP contribution in [0.4, 0.5) is 0 Å². The molecule has 29 heavy (non-hydrogen) atoms. The topological polar surface area (TPSA) is 86.7 Å². The lowest BCUT2D eigenvalue weighted by Crippen LogP contribution is -2.23. The minimum Gasteiger partial charge on any atom is -0.338 e. The molecule has 1 atom stereocenters. The van der Waals surface area contributed by atoms with Crippen LogP contribution in [0.25, 0.3) is 16.7 Å². The summed E-state index contributed by atoms with van der Waals surface area (Å²) in [6.45, 7) is 6.00. The van der Waals surface area contributed by atoms with Crippen molar-refractivity contribution >= 4 is 22.7 Å². The fourth-order valence-corrected chi connectivity index (χ4v) is 3.95. The molecule has 0 bridgehead atoms. The van der Waals surface area contributed by atoms with Crippen molar-refractivity contribution in [2.45, 2.75) is 44.0 Å². The van der Waals surface area contributed by atoms with Gasteiger partial charge < -0.3 is 4.52 Å². The highest BCUT2D eigenvalue weighted by Crippen LogP contribution is 2.34. The van der Waals surface area contributed by atoms with Gasteiger partial charge in [0.1, 0.15) is 5.82 Å².